The third-order valence-corrected chi connectivity index (χ3v) is 4.30. The third kappa shape index (κ3) is 5.36. The Balaban J connectivity index is 2.21. The van der Waals surface area contributed by atoms with Crippen LogP contribution in [0.25, 0.3) is 0 Å². The summed E-state index contributed by atoms with van der Waals surface area (Å²) in [5.41, 5.74) is 2.52. The summed E-state index contributed by atoms with van der Waals surface area (Å²) in [7, 11) is 1.58. The SMILES string of the molecule is COc1ccc(C(O)Cc2c(Cl)cncc2Cl)cc1OCC=C(C)C. The van der Waals surface area contributed by atoms with E-state index in [9.17, 15) is 5.11 Å². The van der Waals surface area contributed by atoms with Gasteiger partial charge >= 0.3 is 0 Å². The predicted molar refractivity (Wildman–Crippen MR) is 101 cm³/mol. The van der Waals surface area contributed by atoms with Crippen LogP contribution < -0.4 is 9.47 Å². The number of methoxy groups -OCH3 is 1. The van der Waals surface area contributed by atoms with E-state index in [0.29, 0.717) is 39.3 Å². The highest BCUT2D eigenvalue weighted by Gasteiger charge is 2.16. The lowest BCUT2D eigenvalue weighted by atomic mass is 10.0. The first kappa shape index (κ1) is 19.6. The Morgan fingerprint density at radius 2 is 1.88 bits per heavy atom. The molecular weight excluding hydrogens is 361 g/mol. The highest BCUT2D eigenvalue weighted by atomic mass is 35.5. The van der Waals surface area contributed by atoms with E-state index in [1.54, 1.807) is 25.3 Å². The number of aromatic nitrogens is 1. The monoisotopic (exact) mass is 381 g/mol. The second-order valence-electron chi connectivity index (χ2n) is 5.80. The van der Waals surface area contributed by atoms with Gasteiger partial charge in [-0.05, 0) is 43.2 Å². The van der Waals surface area contributed by atoms with Crippen molar-refractivity contribution in [3.63, 3.8) is 0 Å². The summed E-state index contributed by atoms with van der Waals surface area (Å²) in [4.78, 5) is 3.92. The molecule has 6 heteroatoms. The Kier molecular flexibility index (Phi) is 7.12. The fraction of sp³-hybridized carbons (Fsp3) is 0.316. The van der Waals surface area contributed by atoms with Crippen LogP contribution in [0.15, 0.2) is 42.2 Å². The highest BCUT2D eigenvalue weighted by Crippen LogP contribution is 2.33. The Bertz CT molecular complexity index is 738. The standard InChI is InChI=1S/C19H21Cl2NO3/c1-12(2)6-7-25-19-8-13(4-5-18(19)24-3)17(23)9-14-15(20)10-22-11-16(14)21/h4-6,8,10-11,17,23H,7,9H2,1-3H3. The number of allylic oxidation sites excluding steroid dienone is 1. The summed E-state index contributed by atoms with van der Waals surface area (Å²) in [6.07, 6.45) is 4.49. The lowest BCUT2D eigenvalue weighted by Crippen LogP contribution is -2.05. The number of rotatable bonds is 7. The van der Waals surface area contributed by atoms with E-state index in [4.69, 9.17) is 32.7 Å². The predicted octanol–water partition coefficient (Wildman–Crippen LogP) is 5.02. The van der Waals surface area contributed by atoms with Gasteiger partial charge in [0.1, 0.15) is 6.61 Å². The minimum atomic E-state index is -0.783. The molecule has 4 nitrogen and oxygen atoms in total. The van der Waals surface area contributed by atoms with Gasteiger partial charge in [0.05, 0.1) is 23.3 Å². The van der Waals surface area contributed by atoms with Crippen LogP contribution in [0.2, 0.25) is 10.0 Å². The number of aliphatic hydroxyl groups excluding tert-OH is 1. The van der Waals surface area contributed by atoms with Crippen LogP contribution in [0.1, 0.15) is 31.1 Å². The molecule has 0 aliphatic rings. The molecule has 0 saturated carbocycles. The first-order valence-corrected chi connectivity index (χ1v) is 8.58. The zero-order valence-electron chi connectivity index (χ0n) is 14.4. The molecule has 0 radical (unpaired) electrons. The number of aliphatic hydroxyl groups is 1. The van der Waals surface area contributed by atoms with Gasteiger partial charge < -0.3 is 14.6 Å². The maximum atomic E-state index is 10.6. The van der Waals surface area contributed by atoms with E-state index in [0.717, 1.165) is 5.57 Å². The van der Waals surface area contributed by atoms with Crippen molar-refractivity contribution in [2.24, 2.45) is 0 Å². The van der Waals surface area contributed by atoms with Crippen LogP contribution in [0.4, 0.5) is 0 Å². The topological polar surface area (TPSA) is 51.6 Å². The number of halogens is 2. The maximum absolute atomic E-state index is 10.6. The molecule has 1 N–H and O–H groups in total. The average molecular weight is 382 g/mol. The summed E-state index contributed by atoms with van der Waals surface area (Å²) in [5.74, 6) is 1.18. The van der Waals surface area contributed by atoms with Gasteiger partial charge in [0.15, 0.2) is 11.5 Å². The molecule has 0 fully saturated rings. The molecule has 0 amide bonds. The van der Waals surface area contributed by atoms with Crippen LogP contribution in [0.3, 0.4) is 0 Å². The molecule has 0 bridgehead atoms. The van der Waals surface area contributed by atoms with Gasteiger partial charge in [-0.2, -0.15) is 0 Å². The number of benzene rings is 1. The molecule has 1 aromatic carbocycles. The molecule has 0 aliphatic heterocycles. The number of ether oxygens (including phenoxy) is 2. The smallest absolute Gasteiger partial charge is 0.162 e. The van der Waals surface area contributed by atoms with Gasteiger partial charge in [-0.3, -0.25) is 4.98 Å². The van der Waals surface area contributed by atoms with E-state index in [2.05, 4.69) is 4.98 Å². The third-order valence-electron chi connectivity index (χ3n) is 3.65. The molecule has 2 aromatic rings. The van der Waals surface area contributed by atoms with E-state index in [1.165, 1.54) is 12.4 Å². The van der Waals surface area contributed by atoms with E-state index in [1.807, 2.05) is 19.9 Å². The minimum absolute atomic E-state index is 0.278. The quantitative estimate of drug-likeness (QED) is 0.684. The highest BCUT2D eigenvalue weighted by molar-refractivity contribution is 6.35. The van der Waals surface area contributed by atoms with Gasteiger partial charge in [0, 0.05) is 18.8 Å². The summed E-state index contributed by atoms with van der Waals surface area (Å²) >= 11 is 12.3. The molecule has 1 atom stereocenters. The van der Waals surface area contributed by atoms with Crippen molar-refractivity contribution < 1.29 is 14.6 Å². The Hall–Kier alpha value is -1.75. The average Bonchev–Trinajstić information content (AvgIpc) is 2.57. The normalized spacial score (nSPS) is 11.8. The second kappa shape index (κ2) is 9.09. The van der Waals surface area contributed by atoms with Crippen molar-refractivity contribution >= 4 is 23.2 Å². The molecule has 0 aliphatic carbocycles. The fourth-order valence-corrected chi connectivity index (χ4v) is 2.77. The summed E-state index contributed by atoms with van der Waals surface area (Å²) in [5, 5.41) is 11.4. The Morgan fingerprint density at radius 1 is 1.20 bits per heavy atom. The van der Waals surface area contributed by atoms with Gasteiger partial charge in [-0.1, -0.05) is 34.8 Å². The largest absolute Gasteiger partial charge is 0.493 e. The van der Waals surface area contributed by atoms with Crippen LogP contribution in [0.5, 0.6) is 11.5 Å². The van der Waals surface area contributed by atoms with Crippen LogP contribution in [-0.4, -0.2) is 23.8 Å². The molecule has 2 rings (SSSR count). The van der Waals surface area contributed by atoms with Crippen LogP contribution in [0, 0.1) is 0 Å². The minimum Gasteiger partial charge on any atom is -0.493 e. The first-order chi connectivity index (χ1) is 11.9. The van der Waals surface area contributed by atoms with Crippen molar-refractivity contribution in [2.45, 2.75) is 26.4 Å². The Morgan fingerprint density at radius 3 is 2.48 bits per heavy atom. The zero-order valence-corrected chi connectivity index (χ0v) is 15.9. The van der Waals surface area contributed by atoms with E-state index in [-0.39, 0.29) is 6.42 Å². The zero-order chi connectivity index (χ0) is 18.4. The van der Waals surface area contributed by atoms with Crippen molar-refractivity contribution in [2.75, 3.05) is 13.7 Å². The molecule has 1 aromatic heterocycles. The van der Waals surface area contributed by atoms with Crippen molar-refractivity contribution in [1.29, 1.82) is 0 Å². The van der Waals surface area contributed by atoms with Crippen LogP contribution in [-0.2, 0) is 6.42 Å². The van der Waals surface area contributed by atoms with Crippen molar-refractivity contribution in [3.8, 4) is 11.5 Å². The molecule has 0 spiro atoms. The second-order valence-corrected chi connectivity index (χ2v) is 6.62. The molecular formula is C19H21Cl2NO3. The summed E-state index contributed by atoms with van der Waals surface area (Å²) in [6, 6.07) is 5.33. The van der Waals surface area contributed by atoms with E-state index >= 15 is 0 Å². The van der Waals surface area contributed by atoms with Gasteiger partial charge in [0.2, 0.25) is 0 Å². The van der Waals surface area contributed by atoms with Gasteiger partial charge in [-0.15, -0.1) is 0 Å². The maximum Gasteiger partial charge on any atom is 0.162 e. The van der Waals surface area contributed by atoms with Gasteiger partial charge in [-0.25, -0.2) is 0 Å². The Labute approximate surface area is 158 Å². The van der Waals surface area contributed by atoms with Gasteiger partial charge in [0.25, 0.3) is 0 Å². The molecule has 1 heterocycles. The summed E-state index contributed by atoms with van der Waals surface area (Å²) < 4.78 is 11.1. The first-order valence-electron chi connectivity index (χ1n) is 7.82. The van der Waals surface area contributed by atoms with E-state index < -0.39 is 6.10 Å². The molecule has 0 saturated heterocycles. The number of nitrogens with zero attached hydrogens (tertiary/aromatic N) is 1. The molecule has 25 heavy (non-hydrogen) atoms. The van der Waals surface area contributed by atoms with Crippen molar-refractivity contribution in [3.05, 3.63) is 63.4 Å². The number of hydrogen-bond donors (Lipinski definition) is 1. The lowest BCUT2D eigenvalue weighted by molar-refractivity contribution is 0.177. The number of hydrogen-bond acceptors (Lipinski definition) is 4. The lowest BCUT2D eigenvalue weighted by Gasteiger charge is -2.16. The fourth-order valence-electron chi connectivity index (χ4n) is 2.26. The summed E-state index contributed by atoms with van der Waals surface area (Å²) in [6.45, 7) is 4.44. The molecule has 1 unspecified atom stereocenters. The molecule has 134 valence electrons. The van der Waals surface area contributed by atoms with Crippen molar-refractivity contribution in [1.82, 2.24) is 4.98 Å². The number of pyridine rings is 1. The van der Waals surface area contributed by atoms with Crippen LogP contribution >= 0.6 is 23.2 Å².